The zero-order valence-corrected chi connectivity index (χ0v) is 26.2. The quantitative estimate of drug-likeness (QED) is 0.165. The lowest BCUT2D eigenvalue weighted by Crippen LogP contribution is -2.65. The molecule has 44 heavy (non-hydrogen) atoms. The molecule has 12 atom stereocenters. The number of rotatable bonds is 8. The number of ether oxygens (including phenoxy) is 2. The summed E-state index contributed by atoms with van der Waals surface area (Å²) in [5.74, 6) is 0.765. The standard InChI is InChI=1S/C32H48FN3O7S/c1-17(2)13-18-11-12-42-28-20(14-18)15-34-24(28)31(41)36-23-6-4-3-5-22(16-35-30(40)19-7-9-21(33)10-8-19)44-32-27(39)25(37)26(38)29(23)43-32/h3-4,7-10,17-18,20,22-29,31-32,34,36-39,41H,5-6,11-16H2,1-2H3,(H,35,40)/b4-3-/t18-,20-,22-,23+,24-,25?,26-,27+,28+,29+,31?,32?/m0/s1. The van der Waals surface area contributed by atoms with Crippen molar-refractivity contribution >= 4 is 17.7 Å². The summed E-state index contributed by atoms with van der Waals surface area (Å²) in [6.07, 6.45) is 1.86. The lowest BCUT2D eigenvalue weighted by Gasteiger charge is -2.45. The molecular weight excluding hydrogens is 589 g/mol. The van der Waals surface area contributed by atoms with E-state index in [1.54, 1.807) is 0 Å². The van der Waals surface area contributed by atoms with Gasteiger partial charge in [0.25, 0.3) is 5.91 Å². The molecule has 246 valence electrons. The number of carbonyl (C=O) groups is 1. The Morgan fingerprint density at radius 3 is 2.59 bits per heavy atom. The molecule has 3 unspecified atom stereocenters. The van der Waals surface area contributed by atoms with Crippen molar-refractivity contribution in [1.82, 2.24) is 16.0 Å². The van der Waals surface area contributed by atoms with Crippen LogP contribution in [0.25, 0.3) is 0 Å². The summed E-state index contributed by atoms with van der Waals surface area (Å²) < 4.78 is 25.8. The largest absolute Gasteiger partial charge is 0.388 e. The van der Waals surface area contributed by atoms with Crippen molar-refractivity contribution in [3.8, 4) is 0 Å². The van der Waals surface area contributed by atoms with Crippen LogP contribution in [0.15, 0.2) is 36.4 Å². The highest BCUT2D eigenvalue weighted by Gasteiger charge is 2.49. The van der Waals surface area contributed by atoms with Crippen molar-refractivity contribution in [3.05, 3.63) is 47.8 Å². The normalized spacial score (nSPS) is 39.2. The molecule has 0 aromatic heterocycles. The van der Waals surface area contributed by atoms with Crippen LogP contribution in [0.3, 0.4) is 0 Å². The van der Waals surface area contributed by atoms with Gasteiger partial charge in [-0.3, -0.25) is 10.1 Å². The third-order valence-electron chi connectivity index (χ3n) is 9.32. The molecule has 2 bridgehead atoms. The molecule has 12 heteroatoms. The van der Waals surface area contributed by atoms with Gasteiger partial charge in [-0.2, -0.15) is 0 Å². The van der Waals surface area contributed by atoms with E-state index in [4.69, 9.17) is 9.47 Å². The first-order valence-corrected chi connectivity index (χ1v) is 16.9. The van der Waals surface area contributed by atoms with Gasteiger partial charge in [-0.15, -0.1) is 11.8 Å². The zero-order valence-electron chi connectivity index (χ0n) is 25.4. The zero-order chi connectivity index (χ0) is 31.4. The van der Waals surface area contributed by atoms with Crippen molar-refractivity contribution in [2.75, 3.05) is 19.7 Å². The molecule has 0 spiro atoms. The van der Waals surface area contributed by atoms with Crippen molar-refractivity contribution in [2.24, 2.45) is 17.8 Å². The van der Waals surface area contributed by atoms with Crippen LogP contribution in [0.1, 0.15) is 56.3 Å². The number of halogens is 1. The fraction of sp³-hybridized carbons (Fsp3) is 0.719. The van der Waals surface area contributed by atoms with Crippen LogP contribution in [0.5, 0.6) is 0 Å². The summed E-state index contributed by atoms with van der Waals surface area (Å²) in [4.78, 5) is 12.6. The highest BCUT2D eigenvalue weighted by molar-refractivity contribution is 8.00. The van der Waals surface area contributed by atoms with Crippen molar-refractivity contribution in [2.45, 2.75) is 105 Å². The predicted octanol–water partition coefficient (Wildman–Crippen LogP) is 1.52. The summed E-state index contributed by atoms with van der Waals surface area (Å²) in [6.45, 7) is 6.16. The number of hydrogen-bond acceptors (Lipinski definition) is 10. The fourth-order valence-electron chi connectivity index (χ4n) is 7.08. The van der Waals surface area contributed by atoms with Gasteiger partial charge in [0, 0.05) is 36.6 Å². The van der Waals surface area contributed by atoms with Crippen LogP contribution in [0.2, 0.25) is 0 Å². The van der Waals surface area contributed by atoms with Gasteiger partial charge in [0.15, 0.2) is 0 Å². The number of benzene rings is 1. The topological polar surface area (TPSA) is 153 Å². The van der Waals surface area contributed by atoms with E-state index < -0.39 is 47.9 Å². The summed E-state index contributed by atoms with van der Waals surface area (Å²) in [5, 5.41) is 53.4. The van der Waals surface area contributed by atoms with E-state index in [1.165, 1.54) is 36.0 Å². The minimum absolute atomic E-state index is 0.136. The average molecular weight is 638 g/mol. The number of hydrogen-bond donors (Lipinski definition) is 7. The number of thioether (sulfide) groups is 1. The summed E-state index contributed by atoms with van der Waals surface area (Å²) in [7, 11) is 0. The maximum atomic E-state index is 13.3. The number of fused-ring (bicyclic) bond motifs is 3. The molecule has 5 rings (SSSR count). The van der Waals surface area contributed by atoms with E-state index in [-0.39, 0.29) is 29.8 Å². The molecule has 1 aromatic rings. The number of aliphatic hydroxyl groups excluding tert-OH is 4. The molecule has 0 radical (unpaired) electrons. The van der Waals surface area contributed by atoms with Gasteiger partial charge in [0.05, 0.1) is 12.1 Å². The first kappa shape index (κ1) is 33.7. The van der Waals surface area contributed by atoms with Crippen molar-refractivity contribution in [1.29, 1.82) is 0 Å². The number of amides is 1. The van der Waals surface area contributed by atoms with Crippen LogP contribution in [-0.4, -0.2) is 106 Å². The van der Waals surface area contributed by atoms with E-state index in [0.29, 0.717) is 42.8 Å². The Morgan fingerprint density at radius 1 is 1.09 bits per heavy atom. The molecule has 0 aliphatic carbocycles. The van der Waals surface area contributed by atoms with Crippen LogP contribution in [-0.2, 0) is 9.47 Å². The van der Waals surface area contributed by atoms with E-state index in [9.17, 15) is 29.6 Å². The van der Waals surface area contributed by atoms with Gasteiger partial charge in [0.2, 0.25) is 0 Å². The number of aliphatic hydroxyl groups is 4. The molecule has 3 saturated heterocycles. The van der Waals surface area contributed by atoms with Gasteiger partial charge in [-0.05, 0) is 74.1 Å². The Kier molecular flexibility index (Phi) is 11.7. The Balaban J connectivity index is 1.24. The number of carbonyl (C=O) groups excluding carboxylic acids is 1. The summed E-state index contributed by atoms with van der Waals surface area (Å²) in [5.41, 5.74) is -0.546. The third-order valence-corrected chi connectivity index (χ3v) is 10.7. The van der Waals surface area contributed by atoms with Crippen molar-refractivity contribution in [3.63, 3.8) is 0 Å². The molecule has 7 N–H and O–H groups in total. The monoisotopic (exact) mass is 637 g/mol. The number of nitrogens with one attached hydrogen (secondary N) is 3. The fourth-order valence-corrected chi connectivity index (χ4v) is 8.37. The van der Waals surface area contributed by atoms with E-state index in [0.717, 1.165) is 25.8 Å². The SMILES string of the molecule is CC(C)C[C@@H]1CCO[C@@H]2[C@H](CN[C@@H]2C(O)N[C@@H]2C/C=C\C[C@@H](CNC(=O)c3ccc(F)cc3)SC3O[C@H]2[C@@H](O)C(O)[C@H]3O)C1. The lowest BCUT2D eigenvalue weighted by atomic mass is 9.85. The highest BCUT2D eigenvalue weighted by Crippen LogP contribution is 2.36. The summed E-state index contributed by atoms with van der Waals surface area (Å²) in [6, 6.07) is 4.38. The highest BCUT2D eigenvalue weighted by atomic mass is 32.2. The molecule has 10 nitrogen and oxygen atoms in total. The molecular formula is C32H48FN3O7S. The molecule has 4 aliphatic heterocycles. The molecule has 0 saturated carbocycles. The number of allylic oxidation sites excluding steroid dienone is 1. The maximum absolute atomic E-state index is 13.3. The summed E-state index contributed by atoms with van der Waals surface area (Å²) >= 11 is 1.27. The lowest BCUT2D eigenvalue weighted by molar-refractivity contribution is -0.207. The first-order chi connectivity index (χ1) is 21.1. The minimum atomic E-state index is -1.46. The van der Waals surface area contributed by atoms with Gasteiger partial charge in [-0.25, -0.2) is 4.39 Å². The van der Waals surface area contributed by atoms with E-state index in [1.807, 2.05) is 12.2 Å². The Hall–Kier alpha value is -1.61. The van der Waals surface area contributed by atoms with Crippen LogP contribution < -0.4 is 16.0 Å². The third kappa shape index (κ3) is 8.21. The maximum Gasteiger partial charge on any atom is 0.251 e. The molecule has 4 aliphatic rings. The van der Waals surface area contributed by atoms with Gasteiger partial charge >= 0.3 is 0 Å². The van der Waals surface area contributed by atoms with Crippen LogP contribution in [0.4, 0.5) is 4.39 Å². The van der Waals surface area contributed by atoms with E-state index >= 15 is 0 Å². The second-order valence-corrected chi connectivity index (χ2v) is 14.5. The van der Waals surface area contributed by atoms with Gasteiger partial charge < -0.3 is 40.5 Å². The molecule has 3 fully saturated rings. The molecule has 1 amide bonds. The molecule has 4 heterocycles. The smallest absolute Gasteiger partial charge is 0.251 e. The van der Waals surface area contributed by atoms with Gasteiger partial charge in [-0.1, -0.05) is 26.0 Å². The Labute approximate surface area is 263 Å². The second kappa shape index (κ2) is 15.3. The van der Waals surface area contributed by atoms with Crippen LogP contribution >= 0.6 is 11.8 Å². The van der Waals surface area contributed by atoms with Gasteiger partial charge in [0.1, 0.15) is 41.9 Å². The predicted molar refractivity (Wildman–Crippen MR) is 165 cm³/mol. The first-order valence-electron chi connectivity index (χ1n) is 15.9. The van der Waals surface area contributed by atoms with Crippen molar-refractivity contribution < 1.29 is 39.1 Å². The Bertz CT molecular complexity index is 1110. The molecule has 1 aromatic carbocycles. The van der Waals surface area contributed by atoms with E-state index in [2.05, 4.69) is 29.8 Å². The minimum Gasteiger partial charge on any atom is -0.388 e. The Morgan fingerprint density at radius 2 is 1.84 bits per heavy atom. The average Bonchev–Trinajstić information content (AvgIpc) is 3.28. The second-order valence-electron chi connectivity index (χ2n) is 13.1. The van der Waals surface area contributed by atoms with Crippen LogP contribution in [0, 0.1) is 23.6 Å².